The van der Waals surface area contributed by atoms with Crippen molar-refractivity contribution in [3.05, 3.63) is 76.1 Å². The summed E-state index contributed by atoms with van der Waals surface area (Å²) in [5.74, 6) is -0.607. The molecule has 2 aromatic carbocycles. The van der Waals surface area contributed by atoms with E-state index < -0.39 is 23.2 Å². The lowest BCUT2D eigenvalue weighted by atomic mass is 10.1. The van der Waals surface area contributed by atoms with Crippen LogP contribution < -0.4 is 11.3 Å². The molecule has 0 atom stereocenters. The molecule has 0 aliphatic heterocycles. The fourth-order valence-corrected chi connectivity index (χ4v) is 2.47. The molecule has 0 fully saturated rings. The number of alkyl halides is 3. The summed E-state index contributed by atoms with van der Waals surface area (Å²) in [6, 6.07) is 11.6. The van der Waals surface area contributed by atoms with Crippen molar-refractivity contribution in [3.63, 3.8) is 0 Å². The number of benzene rings is 2. The van der Waals surface area contributed by atoms with E-state index >= 15 is 0 Å². The van der Waals surface area contributed by atoms with Crippen LogP contribution in [0.5, 0.6) is 0 Å². The van der Waals surface area contributed by atoms with Gasteiger partial charge in [0.05, 0.1) is 11.1 Å². The second-order valence-electron chi connectivity index (χ2n) is 5.19. The van der Waals surface area contributed by atoms with Crippen LogP contribution >= 0.6 is 0 Å². The van der Waals surface area contributed by atoms with Crippen molar-refractivity contribution in [1.82, 2.24) is 4.57 Å². The third-order valence-corrected chi connectivity index (χ3v) is 3.63. The van der Waals surface area contributed by atoms with Crippen molar-refractivity contribution >= 4 is 16.8 Å². The zero-order valence-corrected chi connectivity index (χ0v) is 12.2. The van der Waals surface area contributed by atoms with Crippen LogP contribution in [0.4, 0.5) is 13.2 Å². The van der Waals surface area contributed by atoms with Crippen LogP contribution in [0, 0.1) is 0 Å². The van der Waals surface area contributed by atoms with Crippen LogP contribution in [0.3, 0.4) is 0 Å². The van der Waals surface area contributed by atoms with Gasteiger partial charge in [-0.2, -0.15) is 13.2 Å². The van der Waals surface area contributed by atoms with Crippen molar-refractivity contribution in [1.29, 1.82) is 0 Å². The Morgan fingerprint density at radius 2 is 1.62 bits per heavy atom. The number of aromatic nitrogens is 1. The Labute approximate surface area is 133 Å². The maximum Gasteiger partial charge on any atom is 0.416 e. The van der Waals surface area contributed by atoms with Crippen LogP contribution in [0.2, 0.25) is 0 Å². The van der Waals surface area contributed by atoms with E-state index in [1.54, 1.807) is 0 Å². The molecule has 7 heteroatoms. The van der Waals surface area contributed by atoms with Crippen LogP contribution in [0.15, 0.2) is 59.4 Å². The van der Waals surface area contributed by atoms with Gasteiger partial charge in [-0.05, 0) is 53.9 Å². The first kappa shape index (κ1) is 15.8. The summed E-state index contributed by atoms with van der Waals surface area (Å²) in [6.07, 6.45) is -4.45. The molecule has 4 nitrogen and oxygen atoms in total. The van der Waals surface area contributed by atoms with E-state index in [4.69, 9.17) is 5.73 Å². The highest BCUT2D eigenvalue weighted by Crippen LogP contribution is 2.29. The van der Waals surface area contributed by atoms with Gasteiger partial charge in [0, 0.05) is 17.3 Å². The Hall–Kier alpha value is -3.09. The van der Waals surface area contributed by atoms with Gasteiger partial charge in [-0.1, -0.05) is 0 Å². The van der Waals surface area contributed by atoms with Gasteiger partial charge in [-0.15, -0.1) is 0 Å². The fraction of sp³-hybridized carbons (Fsp3) is 0.0588. The third-order valence-electron chi connectivity index (χ3n) is 3.63. The lowest BCUT2D eigenvalue weighted by Crippen LogP contribution is -2.18. The molecule has 2 N–H and O–H groups in total. The summed E-state index contributed by atoms with van der Waals surface area (Å²) in [6.45, 7) is 0. The van der Waals surface area contributed by atoms with Crippen molar-refractivity contribution < 1.29 is 18.0 Å². The minimum absolute atomic E-state index is 0.278. The lowest BCUT2D eigenvalue weighted by Gasteiger charge is -2.12. The van der Waals surface area contributed by atoms with Gasteiger partial charge < -0.3 is 5.73 Å². The minimum Gasteiger partial charge on any atom is -0.366 e. The number of rotatable bonds is 2. The normalized spacial score (nSPS) is 11.6. The molecule has 24 heavy (non-hydrogen) atoms. The highest BCUT2D eigenvalue weighted by molar-refractivity contribution is 5.97. The maximum absolute atomic E-state index is 12.7. The number of hydrogen-bond acceptors (Lipinski definition) is 2. The molecule has 0 saturated carbocycles. The van der Waals surface area contributed by atoms with Crippen molar-refractivity contribution in [2.45, 2.75) is 6.18 Å². The first-order valence-electron chi connectivity index (χ1n) is 6.90. The lowest BCUT2D eigenvalue weighted by molar-refractivity contribution is -0.137. The van der Waals surface area contributed by atoms with E-state index in [1.165, 1.54) is 47.0 Å². The Kier molecular flexibility index (Phi) is 3.63. The summed E-state index contributed by atoms with van der Waals surface area (Å²) in [5, 5.41) is 0.575. The molecule has 0 bridgehead atoms. The van der Waals surface area contributed by atoms with E-state index in [2.05, 4.69) is 0 Å². The zero-order chi connectivity index (χ0) is 17.5. The second kappa shape index (κ2) is 5.52. The second-order valence-corrected chi connectivity index (χ2v) is 5.19. The molecule has 0 radical (unpaired) electrons. The number of carbonyl (C=O) groups is 1. The number of primary amides is 1. The quantitative estimate of drug-likeness (QED) is 0.784. The molecule has 122 valence electrons. The van der Waals surface area contributed by atoms with Gasteiger partial charge in [0.25, 0.3) is 5.56 Å². The molecule has 3 aromatic rings. The van der Waals surface area contributed by atoms with Crippen molar-refractivity contribution in [3.8, 4) is 5.69 Å². The molecule has 1 amide bonds. The first-order chi connectivity index (χ1) is 11.3. The number of carbonyl (C=O) groups excluding carboxylic acids is 1. The molecule has 1 heterocycles. The van der Waals surface area contributed by atoms with Gasteiger partial charge in [-0.3, -0.25) is 14.2 Å². The average Bonchev–Trinajstić information content (AvgIpc) is 2.53. The number of hydrogen-bond donors (Lipinski definition) is 1. The van der Waals surface area contributed by atoms with E-state index in [-0.39, 0.29) is 5.56 Å². The van der Waals surface area contributed by atoms with Crippen molar-refractivity contribution in [2.75, 3.05) is 0 Å². The molecule has 1 aromatic heterocycles. The number of halogens is 3. The zero-order valence-electron chi connectivity index (χ0n) is 12.2. The molecular weight excluding hydrogens is 321 g/mol. The van der Waals surface area contributed by atoms with Crippen LogP contribution in [-0.2, 0) is 6.18 Å². The third kappa shape index (κ3) is 2.76. The predicted octanol–water partition coefficient (Wildman–Crippen LogP) is 3.11. The largest absolute Gasteiger partial charge is 0.416 e. The topological polar surface area (TPSA) is 65.1 Å². The maximum atomic E-state index is 12.7. The van der Waals surface area contributed by atoms with Crippen LogP contribution in [-0.4, -0.2) is 10.5 Å². The Morgan fingerprint density at radius 3 is 2.21 bits per heavy atom. The Morgan fingerprint density at radius 1 is 0.958 bits per heavy atom. The molecule has 0 unspecified atom stereocenters. The highest BCUT2D eigenvalue weighted by atomic mass is 19.4. The van der Waals surface area contributed by atoms with E-state index in [1.807, 2.05) is 0 Å². The number of pyridine rings is 1. The molecule has 0 aliphatic carbocycles. The monoisotopic (exact) mass is 332 g/mol. The van der Waals surface area contributed by atoms with Gasteiger partial charge in [0.15, 0.2) is 0 Å². The number of nitrogens with zero attached hydrogens (tertiary/aromatic N) is 1. The summed E-state index contributed by atoms with van der Waals surface area (Å²) in [7, 11) is 0. The Bertz CT molecular complexity index is 989. The Balaban J connectivity index is 2.20. The average molecular weight is 332 g/mol. The minimum atomic E-state index is -4.45. The summed E-state index contributed by atoms with van der Waals surface area (Å²) in [4.78, 5) is 23.4. The van der Waals surface area contributed by atoms with Crippen LogP contribution in [0.1, 0.15) is 15.9 Å². The van der Waals surface area contributed by atoms with Gasteiger partial charge in [-0.25, -0.2) is 0 Å². The van der Waals surface area contributed by atoms with E-state index in [0.717, 1.165) is 12.1 Å². The predicted molar refractivity (Wildman–Crippen MR) is 83.1 cm³/mol. The summed E-state index contributed by atoms with van der Waals surface area (Å²) >= 11 is 0. The summed E-state index contributed by atoms with van der Waals surface area (Å²) < 4.78 is 39.3. The van der Waals surface area contributed by atoms with E-state index in [9.17, 15) is 22.8 Å². The first-order valence-corrected chi connectivity index (χ1v) is 6.90. The van der Waals surface area contributed by atoms with Crippen LogP contribution in [0.25, 0.3) is 16.6 Å². The van der Waals surface area contributed by atoms with Gasteiger partial charge in [0.1, 0.15) is 0 Å². The summed E-state index contributed by atoms with van der Waals surface area (Å²) in [5.41, 5.74) is 5.08. The van der Waals surface area contributed by atoms with E-state index in [0.29, 0.717) is 16.6 Å². The standard InChI is InChI=1S/C17H11F3N2O2/c18-17(19,20)12-3-5-13(6-4-12)22-14-7-1-11(16(21)24)9-10(14)2-8-15(22)23/h1-9H,(H2,21,24). The SMILES string of the molecule is NC(=O)c1ccc2c(ccc(=O)n2-c2ccc(C(F)(F)F)cc2)c1. The van der Waals surface area contributed by atoms with Crippen molar-refractivity contribution in [2.24, 2.45) is 5.73 Å². The highest BCUT2D eigenvalue weighted by Gasteiger charge is 2.30. The molecule has 3 rings (SSSR count). The smallest absolute Gasteiger partial charge is 0.366 e. The van der Waals surface area contributed by atoms with Gasteiger partial charge in [0.2, 0.25) is 5.91 Å². The van der Waals surface area contributed by atoms with Gasteiger partial charge >= 0.3 is 6.18 Å². The number of fused-ring (bicyclic) bond motifs is 1. The number of amides is 1. The molecule has 0 spiro atoms. The molecule has 0 aliphatic rings. The molecule has 0 saturated heterocycles. The fourth-order valence-electron chi connectivity index (χ4n) is 2.47. The molecular formula is C17H11F3N2O2. The number of nitrogens with two attached hydrogens (primary N) is 1.